The van der Waals surface area contributed by atoms with Gasteiger partial charge in [-0.05, 0) is 42.3 Å². The standard InChI is InChI=1S/C17H27NO2S/c1-4-18-17(11-14-9-10-21(19,20)12-14)16-7-5-15(6-8-16)13(2)3/h5-8,13-14,17-18H,4,9-12H2,1-3H3. The van der Waals surface area contributed by atoms with E-state index < -0.39 is 9.84 Å². The van der Waals surface area contributed by atoms with Crippen molar-refractivity contribution in [1.29, 1.82) is 0 Å². The van der Waals surface area contributed by atoms with Gasteiger partial charge in [0.25, 0.3) is 0 Å². The van der Waals surface area contributed by atoms with Gasteiger partial charge >= 0.3 is 0 Å². The van der Waals surface area contributed by atoms with Crippen LogP contribution in [0.3, 0.4) is 0 Å². The maximum atomic E-state index is 11.6. The molecule has 3 nitrogen and oxygen atoms in total. The van der Waals surface area contributed by atoms with Crippen LogP contribution in [0.2, 0.25) is 0 Å². The SMILES string of the molecule is CCNC(CC1CCS(=O)(=O)C1)c1ccc(C(C)C)cc1. The third kappa shape index (κ3) is 4.55. The van der Waals surface area contributed by atoms with Gasteiger partial charge in [0.1, 0.15) is 0 Å². The summed E-state index contributed by atoms with van der Waals surface area (Å²) in [5.74, 6) is 1.56. The molecule has 1 aromatic carbocycles. The summed E-state index contributed by atoms with van der Waals surface area (Å²) in [6.45, 7) is 7.39. The third-order valence-electron chi connectivity index (χ3n) is 4.35. The van der Waals surface area contributed by atoms with Gasteiger partial charge in [-0.2, -0.15) is 0 Å². The number of hydrogen-bond acceptors (Lipinski definition) is 3. The fourth-order valence-corrected chi connectivity index (χ4v) is 4.97. The van der Waals surface area contributed by atoms with E-state index in [9.17, 15) is 8.42 Å². The number of hydrogen-bond donors (Lipinski definition) is 1. The average Bonchev–Trinajstić information content (AvgIpc) is 2.77. The fraction of sp³-hybridized carbons (Fsp3) is 0.647. The van der Waals surface area contributed by atoms with Gasteiger partial charge in [0, 0.05) is 6.04 Å². The van der Waals surface area contributed by atoms with Crippen LogP contribution in [0.4, 0.5) is 0 Å². The first-order valence-electron chi connectivity index (χ1n) is 7.95. The Balaban J connectivity index is 2.08. The van der Waals surface area contributed by atoms with Gasteiger partial charge in [-0.15, -0.1) is 0 Å². The van der Waals surface area contributed by atoms with E-state index in [4.69, 9.17) is 0 Å². The van der Waals surface area contributed by atoms with E-state index in [2.05, 4.69) is 50.4 Å². The average molecular weight is 309 g/mol. The van der Waals surface area contributed by atoms with Crippen LogP contribution in [0.5, 0.6) is 0 Å². The molecule has 1 heterocycles. The minimum atomic E-state index is -2.78. The molecule has 2 unspecified atom stereocenters. The maximum absolute atomic E-state index is 11.6. The molecular formula is C17H27NO2S. The molecule has 1 fully saturated rings. The number of benzene rings is 1. The van der Waals surface area contributed by atoms with Crippen molar-refractivity contribution in [2.45, 2.75) is 45.6 Å². The van der Waals surface area contributed by atoms with Crippen LogP contribution < -0.4 is 5.32 Å². The summed E-state index contributed by atoms with van der Waals surface area (Å²) in [4.78, 5) is 0. The molecule has 0 saturated carbocycles. The molecular weight excluding hydrogens is 282 g/mol. The molecule has 1 saturated heterocycles. The maximum Gasteiger partial charge on any atom is 0.150 e. The summed E-state index contributed by atoms with van der Waals surface area (Å²) in [5.41, 5.74) is 2.61. The summed E-state index contributed by atoms with van der Waals surface area (Å²) in [5, 5.41) is 3.51. The van der Waals surface area contributed by atoms with E-state index in [1.165, 1.54) is 11.1 Å². The van der Waals surface area contributed by atoms with Gasteiger partial charge in [0.2, 0.25) is 0 Å². The first kappa shape index (κ1) is 16.5. The highest BCUT2D eigenvalue weighted by molar-refractivity contribution is 7.91. The Morgan fingerprint density at radius 3 is 2.29 bits per heavy atom. The van der Waals surface area contributed by atoms with Gasteiger partial charge < -0.3 is 5.32 Å². The van der Waals surface area contributed by atoms with Crippen molar-refractivity contribution >= 4 is 9.84 Å². The summed E-state index contributed by atoms with van der Waals surface area (Å²) in [6.07, 6.45) is 1.72. The lowest BCUT2D eigenvalue weighted by molar-refractivity contribution is 0.421. The second-order valence-electron chi connectivity index (χ2n) is 6.44. The fourth-order valence-electron chi connectivity index (χ4n) is 3.09. The Bertz CT molecular complexity index is 549. The number of rotatable bonds is 6. The van der Waals surface area contributed by atoms with Gasteiger partial charge in [-0.25, -0.2) is 8.42 Å². The van der Waals surface area contributed by atoms with Crippen LogP contribution in [0, 0.1) is 5.92 Å². The van der Waals surface area contributed by atoms with E-state index in [0.29, 0.717) is 23.3 Å². The molecule has 2 rings (SSSR count). The second kappa shape index (κ2) is 6.93. The first-order valence-corrected chi connectivity index (χ1v) is 9.77. The highest BCUT2D eigenvalue weighted by atomic mass is 32.2. The van der Waals surface area contributed by atoms with E-state index in [-0.39, 0.29) is 6.04 Å². The molecule has 2 atom stereocenters. The topological polar surface area (TPSA) is 46.2 Å². The molecule has 0 bridgehead atoms. The van der Waals surface area contributed by atoms with Crippen LogP contribution in [0.1, 0.15) is 56.7 Å². The molecule has 0 radical (unpaired) electrons. The van der Waals surface area contributed by atoms with Crippen molar-refractivity contribution in [2.75, 3.05) is 18.1 Å². The number of sulfone groups is 1. The van der Waals surface area contributed by atoms with Crippen molar-refractivity contribution in [3.05, 3.63) is 35.4 Å². The van der Waals surface area contributed by atoms with E-state index in [1.807, 2.05) is 0 Å². The Morgan fingerprint density at radius 1 is 1.19 bits per heavy atom. The Labute approximate surface area is 129 Å². The van der Waals surface area contributed by atoms with E-state index in [1.54, 1.807) is 0 Å². The van der Waals surface area contributed by atoms with Crippen LogP contribution in [-0.2, 0) is 9.84 Å². The largest absolute Gasteiger partial charge is 0.310 e. The predicted molar refractivity (Wildman–Crippen MR) is 88.3 cm³/mol. The molecule has 118 valence electrons. The zero-order valence-corrected chi connectivity index (χ0v) is 14.1. The minimum Gasteiger partial charge on any atom is -0.310 e. The molecule has 21 heavy (non-hydrogen) atoms. The molecule has 0 aliphatic carbocycles. The minimum absolute atomic E-state index is 0.259. The van der Waals surface area contributed by atoms with Crippen LogP contribution in [0.15, 0.2) is 24.3 Å². The van der Waals surface area contributed by atoms with Crippen LogP contribution in [-0.4, -0.2) is 26.5 Å². The molecule has 1 aliphatic rings. The normalized spacial score (nSPS) is 22.6. The van der Waals surface area contributed by atoms with Crippen molar-refractivity contribution in [3.63, 3.8) is 0 Å². The highest BCUT2D eigenvalue weighted by Gasteiger charge is 2.30. The Hall–Kier alpha value is -0.870. The summed E-state index contributed by atoms with van der Waals surface area (Å²) >= 11 is 0. The summed E-state index contributed by atoms with van der Waals surface area (Å²) in [7, 11) is -2.78. The van der Waals surface area contributed by atoms with Crippen molar-refractivity contribution in [1.82, 2.24) is 5.32 Å². The van der Waals surface area contributed by atoms with Gasteiger partial charge in [-0.3, -0.25) is 0 Å². The zero-order valence-electron chi connectivity index (χ0n) is 13.3. The van der Waals surface area contributed by atoms with Gasteiger partial charge in [-0.1, -0.05) is 45.0 Å². The zero-order chi connectivity index (χ0) is 15.5. The Morgan fingerprint density at radius 2 is 1.81 bits per heavy atom. The molecule has 1 N–H and O–H groups in total. The van der Waals surface area contributed by atoms with E-state index in [0.717, 1.165) is 19.4 Å². The van der Waals surface area contributed by atoms with Crippen molar-refractivity contribution in [3.8, 4) is 0 Å². The third-order valence-corrected chi connectivity index (χ3v) is 6.19. The van der Waals surface area contributed by atoms with Crippen LogP contribution >= 0.6 is 0 Å². The smallest absolute Gasteiger partial charge is 0.150 e. The molecule has 0 spiro atoms. The molecule has 1 aromatic rings. The van der Waals surface area contributed by atoms with Crippen molar-refractivity contribution in [2.24, 2.45) is 5.92 Å². The lowest BCUT2D eigenvalue weighted by Crippen LogP contribution is -2.24. The monoisotopic (exact) mass is 309 g/mol. The predicted octanol–water partition coefficient (Wildman–Crippen LogP) is 3.29. The second-order valence-corrected chi connectivity index (χ2v) is 8.67. The lowest BCUT2D eigenvalue weighted by Gasteiger charge is -2.22. The molecule has 0 amide bonds. The summed E-state index contributed by atoms with van der Waals surface area (Å²) < 4.78 is 23.2. The Kier molecular flexibility index (Phi) is 5.44. The quantitative estimate of drug-likeness (QED) is 0.877. The number of nitrogens with one attached hydrogen (secondary N) is 1. The highest BCUT2D eigenvalue weighted by Crippen LogP contribution is 2.29. The van der Waals surface area contributed by atoms with E-state index >= 15 is 0 Å². The van der Waals surface area contributed by atoms with Gasteiger partial charge in [0.15, 0.2) is 9.84 Å². The lowest BCUT2D eigenvalue weighted by atomic mass is 9.92. The first-order chi connectivity index (χ1) is 9.91. The summed E-state index contributed by atoms with van der Waals surface area (Å²) in [6, 6.07) is 9.01. The molecule has 1 aliphatic heterocycles. The molecule has 0 aromatic heterocycles. The van der Waals surface area contributed by atoms with Gasteiger partial charge in [0.05, 0.1) is 11.5 Å². The molecule has 4 heteroatoms. The van der Waals surface area contributed by atoms with Crippen molar-refractivity contribution < 1.29 is 8.42 Å². The van der Waals surface area contributed by atoms with Crippen LogP contribution in [0.25, 0.3) is 0 Å².